The van der Waals surface area contributed by atoms with Gasteiger partial charge in [0.2, 0.25) is 5.91 Å². The summed E-state index contributed by atoms with van der Waals surface area (Å²) in [4.78, 5) is 11.8. The van der Waals surface area contributed by atoms with Crippen LogP contribution in [0.4, 0.5) is 5.69 Å². The van der Waals surface area contributed by atoms with E-state index in [4.69, 9.17) is 0 Å². The Morgan fingerprint density at radius 2 is 1.95 bits per heavy atom. The van der Waals surface area contributed by atoms with E-state index in [0.29, 0.717) is 6.42 Å². The van der Waals surface area contributed by atoms with Crippen molar-refractivity contribution in [3.63, 3.8) is 0 Å². The summed E-state index contributed by atoms with van der Waals surface area (Å²) in [6.45, 7) is 6.21. The molecule has 0 aliphatic rings. The fourth-order valence-corrected chi connectivity index (χ4v) is 2.10. The summed E-state index contributed by atoms with van der Waals surface area (Å²) >= 11 is 0. The van der Waals surface area contributed by atoms with Gasteiger partial charge in [0.05, 0.1) is 0 Å². The van der Waals surface area contributed by atoms with Crippen LogP contribution < -0.4 is 10.6 Å². The van der Waals surface area contributed by atoms with Crippen molar-refractivity contribution in [2.45, 2.75) is 58.9 Å². The quantitative estimate of drug-likeness (QED) is 0.632. The van der Waals surface area contributed by atoms with Crippen LogP contribution in [0, 0.1) is 0 Å². The number of hydrogen-bond donors (Lipinski definition) is 2. The number of benzene rings is 1. The second-order valence-corrected chi connectivity index (χ2v) is 5.24. The smallest absolute Gasteiger partial charge is 0.224 e. The molecule has 3 nitrogen and oxygen atoms in total. The Morgan fingerprint density at radius 1 is 1.10 bits per heavy atom. The fraction of sp³-hybridized carbons (Fsp3) is 0.588. The molecule has 0 saturated heterocycles. The zero-order valence-corrected chi connectivity index (χ0v) is 12.9. The van der Waals surface area contributed by atoms with E-state index in [1.54, 1.807) is 0 Å². The van der Waals surface area contributed by atoms with E-state index in [0.717, 1.165) is 38.0 Å². The molecule has 0 heterocycles. The first-order valence-electron chi connectivity index (χ1n) is 7.85. The van der Waals surface area contributed by atoms with Crippen LogP contribution in [0.3, 0.4) is 0 Å². The van der Waals surface area contributed by atoms with Crippen LogP contribution in [-0.4, -0.2) is 12.5 Å². The summed E-state index contributed by atoms with van der Waals surface area (Å²) < 4.78 is 0. The van der Waals surface area contributed by atoms with Crippen molar-refractivity contribution >= 4 is 11.6 Å². The predicted octanol–water partition coefficient (Wildman–Crippen LogP) is 4.10. The molecule has 20 heavy (non-hydrogen) atoms. The van der Waals surface area contributed by atoms with E-state index in [1.807, 2.05) is 18.2 Å². The molecular formula is C17H28N2O. The van der Waals surface area contributed by atoms with Gasteiger partial charge in [-0.05, 0) is 37.1 Å². The Balaban J connectivity index is 2.35. The number of unbranched alkanes of at least 4 members (excludes halogenated alkanes) is 3. The summed E-state index contributed by atoms with van der Waals surface area (Å²) in [5, 5.41) is 6.35. The first kappa shape index (κ1) is 16.7. The van der Waals surface area contributed by atoms with Gasteiger partial charge in [0, 0.05) is 18.7 Å². The van der Waals surface area contributed by atoms with Gasteiger partial charge < -0.3 is 10.6 Å². The molecule has 0 spiro atoms. The molecule has 0 aliphatic heterocycles. The minimum absolute atomic E-state index is 0.125. The highest BCUT2D eigenvalue weighted by Gasteiger charge is 2.02. The average molecular weight is 276 g/mol. The Kier molecular flexibility index (Phi) is 8.72. The van der Waals surface area contributed by atoms with E-state index < -0.39 is 0 Å². The second kappa shape index (κ2) is 10.4. The Hall–Kier alpha value is -1.35. The van der Waals surface area contributed by atoms with Gasteiger partial charge >= 0.3 is 0 Å². The lowest BCUT2D eigenvalue weighted by Gasteiger charge is -2.08. The number of carbonyl (C=O) groups is 1. The molecule has 112 valence electrons. The van der Waals surface area contributed by atoms with Crippen molar-refractivity contribution in [3.8, 4) is 0 Å². The third-order valence-electron chi connectivity index (χ3n) is 3.22. The zero-order chi connectivity index (χ0) is 14.6. The first-order chi connectivity index (χ1) is 9.76. The monoisotopic (exact) mass is 276 g/mol. The predicted molar refractivity (Wildman–Crippen MR) is 85.8 cm³/mol. The molecule has 1 amide bonds. The molecule has 1 aromatic rings. The maximum Gasteiger partial charge on any atom is 0.224 e. The number of anilines is 1. The van der Waals surface area contributed by atoms with Gasteiger partial charge in [-0.1, -0.05) is 45.2 Å². The largest absolute Gasteiger partial charge is 0.326 e. The van der Waals surface area contributed by atoms with Gasteiger partial charge in [-0.3, -0.25) is 4.79 Å². The van der Waals surface area contributed by atoms with Crippen molar-refractivity contribution < 1.29 is 4.79 Å². The molecule has 0 fully saturated rings. The Labute approximate surface area is 123 Å². The van der Waals surface area contributed by atoms with E-state index in [-0.39, 0.29) is 5.91 Å². The molecule has 0 bridgehead atoms. The molecule has 0 saturated carbocycles. The van der Waals surface area contributed by atoms with Crippen LogP contribution in [0.5, 0.6) is 0 Å². The zero-order valence-electron chi connectivity index (χ0n) is 12.9. The van der Waals surface area contributed by atoms with E-state index in [1.165, 1.54) is 18.4 Å². The molecule has 0 radical (unpaired) electrons. The van der Waals surface area contributed by atoms with Crippen molar-refractivity contribution in [2.75, 3.05) is 11.9 Å². The summed E-state index contributed by atoms with van der Waals surface area (Å²) in [6.07, 6.45) is 6.30. The highest BCUT2D eigenvalue weighted by molar-refractivity contribution is 5.90. The van der Waals surface area contributed by atoms with Crippen molar-refractivity contribution in [3.05, 3.63) is 29.8 Å². The topological polar surface area (TPSA) is 41.1 Å². The molecule has 1 rings (SSSR count). The Morgan fingerprint density at radius 3 is 2.70 bits per heavy atom. The minimum atomic E-state index is 0.125. The molecule has 1 aromatic carbocycles. The van der Waals surface area contributed by atoms with Gasteiger partial charge in [0.25, 0.3) is 0 Å². The van der Waals surface area contributed by atoms with Crippen LogP contribution in [0.25, 0.3) is 0 Å². The van der Waals surface area contributed by atoms with Crippen LogP contribution in [-0.2, 0) is 11.3 Å². The standard InChI is InChI=1S/C17H28N2O/c1-3-5-6-7-11-17(20)19-16-10-8-9-15(13-16)14-18-12-4-2/h8-10,13,18H,3-7,11-12,14H2,1-2H3,(H,19,20). The third-order valence-corrected chi connectivity index (χ3v) is 3.22. The lowest BCUT2D eigenvalue weighted by molar-refractivity contribution is -0.116. The summed E-state index contributed by atoms with van der Waals surface area (Å²) in [5.74, 6) is 0.125. The van der Waals surface area contributed by atoms with Crippen LogP contribution >= 0.6 is 0 Å². The molecule has 0 unspecified atom stereocenters. The highest BCUT2D eigenvalue weighted by Crippen LogP contribution is 2.12. The van der Waals surface area contributed by atoms with Crippen molar-refractivity contribution in [1.29, 1.82) is 0 Å². The Bertz CT molecular complexity index is 390. The van der Waals surface area contributed by atoms with Crippen LogP contribution in [0.2, 0.25) is 0 Å². The van der Waals surface area contributed by atoms with Gasteiger partial charge in [0.1, 0.15) is 0 Å². The number of nitrogens with one attached hydrogen (secondary N) is 2. The second-order valence-electron chi connectivity index (χ2n) is 5.24. The molecular weight excluding hydrogens is 248 g/mol. The number of hydrogen-bond acceptors (Lipinski definition) is 2. The highest BCUT2D eigenvalue weighted by atomic mass is 16.1. The minimum Gasteiger partial charge on any atom is -0.326 e. The summed E-state index contributed by atoms with van der Waals surface area (Å²) in [6, 6.07) is 8.08. The molecule has 0 aromatic heterocycles. The van der Waals surface area contributed by atoms with Crippen molar-refractivity contribution in [2.24, 2.45) is 0 Å². The lowest BCUT2D eigenvalue weighted by Crippen LogP contribution is -2.14. The number of amides is 1. The normalized spacial score (nSPS) is 10.5. The van der Waals surface area contributed by atoms with Gasteiger partial charge in [-0.15, -0.1) is 0 Å². The maximum absolute atomic E-state index is 11.8. The van der Waals surface area contributed by atoms with Gasteiger partial charge in [-0.25, -0.2) is 0 Å². The van der Waals surface area contributed by atoms with Crippen molar-refractivity contribution in [1.82, 2.24) is 5.32 Å². The van der Waals surface area contributed by atoms with E-state index >= 15 is 0 Å². The number of rotatable bonds is 10. The fourth-order valence-electron chi connectivity index (χ4n) is 2.10. The van der Waals surface area contributed by atoms with E-state index in [9.17, 15) is 4.79 Å². The van der Waals surface area contributed by atoms with Gasteiger partial charge in [0.15, 0.2) is 0 Å². The third kappa shape index (κ3) is 7.29. The summed E-state index contributed by atoms with van der Waals surface area (Å²) in [7, 11) is 0. The lowest BCUT2D eigenvalue weighted by atomic mass is 10.1. The van der Waals surface area contributed by atoms with E-state index in [2.05, 4.69) is 30.5 Å². The molecule has 2 N–H and O–H groups in total. The number of carbonyl (C=O) groups excluding carboxylic acids is 1. The van der Waals surface area contributed by atoms with Gasteiger partial charge in [-0.2, -0.15) is 0 Å². The SMILES string of the molecule is CCCCCCC(=O)Nc1cccc(CNCCC)c1. The van der Waals surface area contributed by atoms with Crippen LogP contribution in [0.15, 0.2) is 24.3 Å². The summed E-state index contributed by atoms with van der Waals surface area (Å²) in [5.41, 5.74) is 2.11. The first-order valence-corrected chi connectivity index (χ1v) is 7.85. The molecule has 0 aliphatic carbocycles. The maximum atomic E-state index is 11.8. The van der Waals surface area contributed by atoms with Crippen LogP contribution in [0.1, 0.15) is 57.9 Å². The molecule has 3 heteroatoms. The molecule has 0 atom stereocenters. The average Bonchev–Trinajstić information content (AvgIpc) is 2.44.